The molecular weight excluding hydrogens is 392 g/mol. The zero-order valence-electron chi connectivity index (χ0n) is 16.8. The number of benzene rings is 3. The molecular formula is C25H21ClN4. The summed E-state index contributed by atoms with van der Waals surface area (Å²) < 4.78 is 1.97. The van der Waals surface area contributed by atoms with Gasteiger partial charge in [-0.2, -0.15) is 4.98 Å². The normalized spacial score (nSPS) is 15.3. The van der Waals surface area contributed by atoms with Gasteiger partial charge in [-0.3, -0.25) is 0 Å². The van der Waals surface area contributed by atoms with E-state index in [2.05, 4.69) is 73.8 Å². The van der Waals surface area contributed by atoms with Crippen molar-refractivity contribution >= 4 is 23.2 Å². The molecule has 1 N–H and O–H groups in total. The van der Waals surface area contributed by atoms with Crippen molar-refractivity contribution in [2.45, 2.75) is 19.9 Å². The van der Waals surface area contributed by atoms with Crippen LogP contribution in [0, 0.1) is 13.8 Å². The van der Waals surface area contributed by atoms with E-state index in [9.17, 15) is 0 Å². The Morgan fingerprint density at radius 1 is 0.867 bits per heavy atom. The molecule has 0 amide bonds. The number of nitrogens with zero attached hydrogens (tertiary/aromatic N) is 3. The van der Waals surface area contributed by atoms with Gasteiger partial charge in [0.15, 0.2) is 5.82 Å². The second-order valence-electron chi connectivity index (χ2n) is 7.58. The highest BCUT2D eigenvalue weighted by molar-refractivity contribution is 6.30. The number of allylic oxidation sites excluding steroid dienone is 1. The van der Waals surface area contributed by atoms with E-state index in [-0.39, 0.29) is 6.04 Å². The Morgan fingerprint density at radius 2 is 1.57 bits per heavy atom. The summed E-state index contributed by atoms with van der Waals surface area (Å²) >= 11 is 6.09. The van der Waals surface area contributed by atoms with Crippen LogP contribution in [0.5, 0.6) is 0 Å². The van der Waals surface area contributed by atoms with Gasteiger partial charge in [0.25, 0.3) is 0 Å². The van der Waals surface area contributed by atoms with Crippen LogP contribution < -0.4 is 5.32 Å². The molecule has 0 saturated carbocycles. The van der Waals surface area contributed by atoms with Gasteiger partial charge in [0.1, 0.15) is 6.04 Å². The molecule has 1 atom stereocenters. The first-order chi connectivity index (χ1) is 14.6. The third-order valence-electron chi connectivity index (χ3n) is 5.44. The Labute approximate surface area is 180 Å². The van der Waals surface area contributed by atoms with Crippen molar-refractivity contribution in [1.82, 2.24) is 14.8 Å². The molecule has 1 aromatic heterocycles. The fourth-order valence-corrected chi connectivity index (χ4v) is 3.88. The Balaban J connectivity index is 1.64. The molecule has 0 radical (unpaired) electrons. The molecule has 4 nitrogen and oxygen atoms in total. The second kappa shape index (κ2) is 7.47. The van der Waals surface area contributed by atoms with Gasteiger partial charge in [-0.25, -0.2) is 4.68 Å². The lowest BCUT2D eigenvalue weighted by atomic mass is 9.98. The van der Waals surface area contributed by atoms with E-state index in [1.54, 1.807) is 0 Å². The van der Waals surface area contributed by atoms with E-state index in [0.717, 1.165) is 27.8 Å². The lowest BCUT2D eigenvalue weighted by Crippen LogP contribution is -2.20. The molecule has 148 valence electrons. The first-order valence-electron chi connectivity index (χ1n) is 9.92. The highest BCUT2D eigenvalue weighted by Crippen LogP contribution is 2.35. The summed E-state index contributed by atoms with van der Waals surface area (Å²) in [6, 6.07) is 24.5. The summed E-state index contributed by atoms with van der Waals surface area (Å²) in [5, 5.41) is 9.05. The molecule has 0 saturated heterocycles. The van der Waals surface area contributed by atoms with Crippen LogP contribution in [0.4, 0.5) is 5.95 Å². The number of nitrogens with one attached hydrogen (secondary N) is 1. The quantitative estimate of drug-likeness (QED) is 0.431. The average molecular weight is 413 g/mol. The number of anilines is 1. The van der Waals surface area contributed by atoms with Gasteiger partial charge in [0.2, 0.25) is 5.95 Å². The lowest BCUT2D eigenvalue weighted by molar-refractivity contribution is 0.611. The number of fused-ring (bicyclic) bond motifs is 1. The second-order valence-corrected chi connectivity index (χ2v) is 8.02. The molecule has 5 rings (SSSR count). The Hall–Kier alpha value is -3.37. The van der Waals surface area contributed by atoms with Crippen LogP contribution in [0.1, 0.15) is 28.3 Å². The number of aryl methyl sites for hydroxylation is 2. The van der Waals surface area contributed by atoms with E-state index in [1.807, 2.05) is 28.9 Å². The highest BCUT2D eigenvalue weighted by atomic mass is 35.5. The number of aromatic nitrogens is 3. The third-order valence-corrected chi connectivity index (χ3v) is 5.69. The minimum Gasteiger partial charge on any atom is -0.324 e. The topological polar surface area (TPSA) is 42.7 Å². The first-order valence-corrected chi connectivity index (χ1v) is 10.3. The number of hydrogen-bond acceptors (Lipinski definition) is 3. The fourth-order valence-electron chi connectivity index (χ4n) is 3.76. The summed E-state index contributed by atoms with van der Waals surface area (Å²) in [6.45, 7) is 4.21. The smallest absolute Gasteiger partial charge is 0.227 e. The van der Waals surface area contributed by atoms with Gasteiger partial charge >= 0.3 is 0 Å². The Morgan fingerprint density at radius 3 is 2.30 bits per heavy atom. The molecule has 0 unspecified atom stereocenters. The zero-order chi connectivity index (χ0) is 20.7. The van der Waals surface area contributed by atoms with E-state index in [4.69, 9.17) is 21.7 Å². The number of halogens is 1. The van der Waals surface area contributed by atoms with Crippen molar-refractivity contribution in [3.05, 3.63) is 106 Å². The molecule has 0 spiro atoms. The van der Waals surface area contributed by atoms with Crippen LogP contribution >= 0.6 is 11.6 Å². The maximum absolute atomic E-state index is 6.09. The summed E-state index contributed by atoms with van der Waals surface area (Å²) in [4.78, 5) is 4.82. The predicted octanol–water partition coefficient (Wildman–Crippen LogP) is 6.27. The Kier molecular flexibility index (Phi) is 4.64. The van der Waals surface area contributed by atoms with Gasteiger partial charge in [0, 0.05) is 16.3 Å². The SMILES string of the molecule is Cc1ccc(-c2nc3n(n2)[C@@H](c2ccccc2C)C=C(c2ccc(Cl)cc2)N3)cc1. The van der Waals surface area contributed by atoms with Crippen LogP contribution in [0.2, 0.25) is 5.02 Å². The number of rotatable bonds is 3. The maximum atomic E-state index is 6.09. The van der Waals surface area contributed by atoms with Gasteiger partial charge in [0.05, 0.1) is 0 Å². The minimum atomic E-state index is -0.0557. The molecule has 2 heterocycles. The summed E-state index contributed by atoms with van der Waals surface area (Å²) in [5.41, 5.74) is 6.69. The van der Waals surface area contributed by atoms with Crippen LogP contribution in [0.15, 0.2) is 78.9 Å². The molecule has 0 bridgehead atoms. The van der Waals surface area contributed by atoms with Crippen LogP contribution in [0.25, 0.3) is 17.1 Å². The molecule has 0 fully saturated rings. The molecule has 1 aliphatic heterocycles. The summed E-state index contributed by atoms with van der Waals surface area (Å²) in [5.74, 6) is 1.44. The van der Waals surface area contributed by atoms with Crippen LogP contribution in [0.3, 0.4) is 0 Å². The van der Waals surface area contributed by atoms with Gasteiger partial charge in [-0.1, -0.05) is 77.8 Å². The van der Waals surface area contributed by atoms with E-state index < -0.39 is 0 Å². The largest absolute Gasteiger partial charge is 0.324 e. The van der Waals surface area contributed by atoms with E-state index in [0.29, 0.717) is 5.82 Å². The lowest BCUT2D eigenvalue weighted by Gasteiger charge is -2.25. The summed E-state index contributed by atoms with van der Waals surface area (Å²) in [6.07, 6.45) is 2.20. The van der Waals surface area contributed by atoms with Crippen molar-refractivity contribution in [3.8, 4) is 11.4 Å². The van der Waals surface area contributed by atoms with Crippen LogP contribution in [-0.2, 0) is 0 Å². The zero-order valence-corrected chi connectivity index (χ0v) is 17.6. The van der Waals surface area contributed by atoms with Crippen molar-refractivity contribution in [1.29, 1.82) is 0 Å². The average Bonchev–Trinajstić information content (AvgIpc) is 3.19. The van der Waals surface area contributed by atoms with Crippen molar-refractivity contribution in [2.75, 3.05) is 5.32 Å². The van der Waals surface area contributed by atoms with Crippen molar-refractivity contribution in [2.24, 2.45) is 0 Å². The van der Waals surface area contributed by atoms with Gasteiger partial charge in [-0.05, 0) is 48.7 Å². The fraction of sp³-hybridized carbons (Fsp3) is 0.120. The van der Waals surface area contributed by atoms with Crippen molar-refractivity contribution < 1.29 is 0 Å². The van der Waals surface area contributed by atoms with E-state index in [1.165, 1.54) is 16.7 Å². The number of hydrogen-bond donors (Lipinski definition) is 1. The van der Waals surface area contributed by atoms with E-state index >= 15 is 0 Å². The highest BCUT2D eigenvalue weighted by Gasteiger charge is 2.26. The molecule has 0 aliphatic carbocycles. The van der Waals surface area contributed by atoms with Gasteiger partial charge in [-0.15, -0.1) is 5.10 Å². The minimum absolute atomic E-state index is 0.0557. The molecule has 4 aromatic rings. The monoisotopic (exact) mass is 412 g/mol. The predicted molar refractivity (Wildman–Crippen MR) is 123 cm³/mol. The molecule has 3 aromatic carbocycles. The third kappa shape index (κ3) is 3.40. The molecule has 30 heavy (non-hydrogen) atoms. The van der Waals surface area contributed by atoms with Gasteiger partial charge < -0.3 is 5.32 Å². The van der Waals surface area contributed by atoms with Crippen molar-refractivity contribution in [3.63, 3.8) is 0 Å². The maximum Gasteiger partial charge on any atom is 0.227 e. The Bertz CT molecular complexity index is 1240. The summed E-state index contributed by atoms with van der Waals surface area (Å²) in [7, 11) is 0. The van der Waals surface area contributed by atoms with Crippen LogP contribution in [-0.4, -0.2) is 14.8 Å². The molecule has 1 aliphatic rings. The first kappa shape index (κ1) is 18.6. The molecule has 5 heteroatoms. The standard InChI is InChI=1S/C25H21ClN4/c1-16-7-9-19(10-8-16)24-28-25-27-22(18-11-13-20(26)14-12-18)15-23(30(25)29-24)21-6-4-3-5-17(21)2/h3-15,23H,1-2H3,(H,27,28,29)/t23-/m1/s1.